The van der Waals surface area contributed by atoms with Crippen molar-refractivity contribution in [2.24, 2.45) is 11.8 Å². The molecule has 214 valence electrons. The molecule has 2 aromatic rings. The van der Waals surface area contributed by atoms with Crippen LogP contribution >= 0.6 is 0 Å². The van der Waals surface area contributed by atoms with E-state index in [1.54, 1.807) is 18.2 Å². The summed E-state index contributed by atoms with van der Waals surface area (Å²) in [5.41, 5.74) is 0.112. The molecule has 2 heterocycles. The zero-order valence-electron chi connectivity index (χ0n) is 22.2. The lowest BCUT2D eigenvalue weighted by atomic mass is 9.78. The standard InChI is InChI=1S/C30H36F5NO3/c1-29(31,32)21-7-9-24(10-8-21)39-26-12-6-19-15-18(5-11-25(19)27(26)30(33,34)35)13-14-36-22-3-2-4-23(36)17-20(16-22)28(37)38/h5-6,11-12,15,20-24H,2-4,7-10,13-14,16-17H2,1H3,(H,37,38)/t20?,21-,22?,23?,24+. The van der Waals surface area contributed by atoms with Gasteiger partial charge in [0, 0.05) is 24.5 Å². The topological polar surface area (TPSA) is 49.8 Å². The monoisotopic (exact) mass is 553 g/mol. The van der Waals surface area contributed by atoms with Gasteiger partial charge in [0.2, 0.25) is 5.92 Å². The van der Waals surface area contributed by atoms with Gasteiger partial charge in [-0.1, -0.05) is 30.7 Å². The van der Waals surface area contributed by atoms with E-state index in [0.29, 0.717) is 37.5 Å². The average molecular weight is 554 g/mol. The number of hydrogen-bond donors (Lipinski definition) is 1. The highest BCUT2D eigenvalue weighted by Crippen LogP contribution is 2.44. The van der Waals surface area contributed by atoms with Crippen molar-refractivity contribution in [3.05, 3.63) is 41.5 Å². The molecule has 1 aliphatic carbocycles. The summed E-state index contributed by atoms with van der Waals surface area (Å²) in [6.45, 7) is 1.64. The Morgan fingerprint density at radius 3 is 2.23 bits per heavy atom. The van der Waals surface area contributed by atoms with Crippen LogP contribution in [0.4, 0.5) is 22.0 Å². The van der Waals surface area contributed by atoms with Gasteiger partial charge in [-0.3, -0.25) is 9.69 Å². The molecule has 2 atom stereocenters. The number of carboxylic acid groups (broad SMARTS) is 1. The fourth-order valence-electron chi connectivity index (χ4n) is 7.08. The Morgan fingerprint density at radius 1 is 0.974 bits per heavy atom. The van der Waals surface area contributed by atoms with E-state index in [4.69, 9.17) is 4.74 Å². The van der Waals surface area contributed by atoms with Gasteiger partial charge >= 0.3 is 12.1 Å². The lowest BCUT2D eigenvalue weighted by Gasteiger charge is -2.48. The molecule has 0 radical (unpaired) electrons. The molecule has 2 unspecified atom stereocenters. The van der Waals surface area contributed by atoms with E-state index in [2.05, 4.69) is 4.90 Å². The van der Waals surface area contributed by atoms with E-state index < -0.39 is 35.7 Å². The number of carboxylic acids is 1. The number of fused-ring (bicyclic) bond motifs is 3. The number of ether oxygens (including phenoxy) is 1. The van der Waals surface area contributed by atoms with Crippen LogP contribution in [0, 0.1) is 11.8 Å². The molecule has 2 aromatic carbocycles. The van der Waals surface area contributed by atoms with Crippen molar-refractivity contribution < 1.29 is 36.6 Å². The minimum atomic E-state index is -4.63. The minimum Gasteiger partial charge on any atom is -0.490 e. The summed E-state index contributed by atoms with van der Waals surface area (Å²) in [5, 5.41) is 10.0. The molecule has 5 rings (SSSR count). The van der Waals surface area contributed by atoms with Gasteiger partial charge in [0.25, 0.3) is 0 Å². The molecule has 2 saturated heterocycles. The first-order valence-corrected chi connectivity index (χ1v) is 14.1. The first-order chi connectivity index (χ1) is 18.4. The Morgan fingerprint density at radius 2 is 1.64 bits per heavy atom. The van der Waals surface area contributed by atoms with Gasteiger partial charge in [-0.05, 0) is 87.1 Å². The molecule has 0 spiro atoms. The average Bonchev–Trinajstić information content (AvgIpc) is 2.85. The zero-order valence-corrected chi connectivity index (χ0v) is 22.2. The van der Waals surface area contributed by atoms with E-state index in [-0.39, 0.29) is 42.0 Å². The number of piperidine rings is 2. The Hall–Kier alpha value is -2.42. The predicted molar refractivity (Wildman–Crippen MR) is 138 cm³/mol. The van der Waals surface area contributed by atoms with Crippen LogP contribution in [0.5, 0.6) is 5.75 Å². The smallest absolute Gasteiger partial charge is 0.420 e. The highest BCUT2D eigenvalue weighted by Gasteiger charge is 2.41. The van der Waals surface area contributed by atoms with Crippen LogP contribution < -0.4 is 4.74 Å². The molecule has 0 amide bonds. The highest BCUT2D eigenvalue weighted by atomic mass is 19.4. The largest absolute Gasteiger partial charge is 0.490 e. The van der Waals surface area contributed by atoms with Crippen molar-refractivity contribution >= 4 is 16.7 Å². The molecular formula is C30H36F5NO3. The van der Waals surface area contributed by atoms with Crippen molar-refractivity contribution in [1.29, 1.82) is 0 Å². The summed E-state index contributed by atoms with van der Waals surface area (Å²) in [7, 11) is 0. The highest BCUT2D eigenvalue weighted by molar-refractivity contribution is 5.89. The van der Waals surface area contributed by atoms with Crippen molar-refractivity contribution in [1.82, 2.24) is 4.90 Å². The van der Waals surface area contributed by atoms with Crippen LogP contribution in [0.15, 0.2) is 30.3 Å². The van der Waals surface area contributed by atoms with Crippen LogP contribution in [-0.2, 0) is 17.4 Å². The fraction of sp³-hybridized carbons (Fsp3) is 0.633. The lowest BCUT2D eigenvalue weighted by Crippen LogP contribution is -2.53. The Labute approximate surface area is 225 Å². The predicted octanol–water partition coefficient (Wildman–Crippen LogP) is 7.71. The van der Waals surface area contributed by atoms with E-state index in [1.165, 1.54) is 12.1 Å². The Balaban J connectivity index is 1.30. The van der Waals surface area contributed by atoms with Crippen LogP contribution in [-0.4, -0.2) is 46.6 Å². The van der Waals surface area contributed by atoms with Crippen molar-refractivity contribution in [2.75, 3.05) is 6.54 Å². The maximum Gasteiger partial charge on any atom is 0.420 e. The second-order valence-electron chi connectivity index (χ2n) is 11.8. The normalized spacial score (nSPS) is 28.4. The third-order valence-electron chi connectivity index (χ3n) is 9.15. The zero-order chi connectivity index (χ0) is 27.9. The molecule has 3 aliphatic rings. The van der Waals surface area contributed by atoms with Gasteiger partial charge in [-0.25, -0.2) is 8.78 Å². The molecule has 2 aliphatic heterocycles. The number of hydrogen-bond acceptors (Lipinski definition) is 3. The van der Waals surface area contributed by atoms with E-state index in [0.717, 1.165) is 38.3 Å². The molecule has 0 aromatic heterocycles. The molecule has 4 nitrogen and oxygen atoms in total. The third-order valence-corrected chi connectivity index (χ3v) is 9.15. The SMILES string of the molecule is CC(F)(F)[C@H]1CC[C@@H](Oc2ccc3cc(CCN4C5CCCC4CC(C(=O)O)C5)ccc3c2C(F)(F)F)CC1. The number of rotatable bonds is 7. The minimum absolute atomic E-state index is 0.0664. The maximum absolute atomic E-state index is 14.2. The second kappa shape index (κ2) is 10.9. The molecule has 1 N–H and O–H groups in total. The summed E-state index contributed by atoms with van der Waals surface area (Å²) in [6.07, 6.45) is 0.953. The number of alkyl halides is 5. The van der Waals surface area contributed by atoms with Crippen LogP contribution in [0.2, 0.25) is 0 Å². The molecule has 9 heteroatoms. The number of benzene rings is 2. The number of halogens is 5. The molecule has 39 heavy (non-hydrogen) atoms. The first-order valence-electron chi connectivity index (χ1n) is 14.1. The third kappa shape index (κ3) is 6.18. The van der Waals surface area contributed by atoms with Gasteiger partial charge in [0.1, 0.15) is 11.3 Å². The quantitative estimate of drug-likeness (QED) is 0.357. The van der Waals surface area contributed by atoms with Gasteiger partial charge in [0.05, 0.1) is 12.0 Å². The number of aliphatic carboxylic acids is 1. The van der Waals surface area contributed by atoms with Gasteiger partial charge < -0.3 is 9.84 Å². The maximum atomic E-state index is 14.2. The summed E-state index contributed by atoms with van der Waals surface area (Å²) in [4.78, 5) is 14.0. The second-order valence-corrected chi connectivity index (χ2v) is 11.8. The Kier molecular flexibility index (Phi) is 7.83. The van der Waals surface area contributed by atoms with Crippen LogP contribution in [0.1, 0.15) is 75.8 Å². The molecule has 1 saturated carbocycles. The summed E-state index contributed by atoms with van der Waals surface area (Å²) in [5.74, 6) is -4.82. The summed E-state index contributed by atoms with van der Waals surface area (Å²) in [6, 6.07) is 8.52. The van der Waals surface area contributed by atoms with Crippen LogP contribution in [0.3, 0.4) is 0 Å². The molecular weight excluding hydrogens is 517 g/mol. The van der Waals surface area contributed by atoms with Gasteiger partial charge in [-0.2, -0.15) is 13.2 Å². The first kappa shape index (κ1) is 28.1. The van der Waals surface area contributed by atoms with Gasteiger partial charge in [-0.15, -0.1) is 0 Å². The number of nitrogens with zero attached hydrogens (tertiary/aromatic N) is 1. The van der Waals surface area contributed by atoms with Crippen LogP contribution in [0.25, 0.3) is 10.8 Å². The van der Waals surface area contributed by atoms with Crippen molar-refractivity contribution in [3.63, 3.8) is 0 Å². The van der Waals surface area contributed by atoms with Crippen molar-refractivity contribution in [3.8, 4) is 5.75 Å². The summed E-state index contributed by atoms with van der Waals surface area (Å²) < 4.78 is 75.8. The van der Waals surface area contributed by atoms with E-state index in [9.17, 15) is 31.9 Å². The van der Waals surface area contributed by atoms with E-state index >= 15 is 0 Å². The lowest BCUT2D eigenvalue weighted by molar-refractivity contribution is -0.146. The fourth-order valence-corrected chi connectivity index (χ4v) is 7.08. The van der Waals surface area contributed by atoms with Gasteiger partial charge in [0.15, 0.2) is 0 Å². The summed E-state index contributed by atoms with van der Waals surface area (Å²) >= 11 is 0. The molecule has 2 bridgehead atoms. The molecule has 3 fully saturated rings. The van der Waals surface area contributed by atoms with E-state index in [1.807, 2.05) is 0 Å². The Bertz CT molecular complexity index is 1170. The van der Waals surface area contributed by atoms with Crippen molar-refractivity contribution in [2.45, 2.75) is 101 Å². The number of carbonyl (C=O) groups is 1.